The van der Waals surface area contributed by atoms with Gasteiger partial charge in [-0.05, 0) is 17.7 Å². The molecule has 0 heterocycles. The standard InChI is InChI=1S/C18H17FO2/c19-18-14-17(10-9-16(18)8-4-5-12-20)21-13-11-15-6-2-1-3-7-15/h1-3,6-7,9-10,14,20H,5,11-13H2. The van der Waals surface area contributed by atoms with Crippen molar-refractivity contribution in [1.82, 2.24) is 0 Å². The zero-order valence-corrected chi connectivity index (χ0v) is 11.7. The van der Waals surface area contributed by atoms with Gasteiger partial charge in [0.05, 0.1) is 18.8 Å². The highest BCUT2D eigenvalue weighted by Crippen LogP contribution is 2.16. The Morgan fingerprint density at radius 2 is 1.90 bits per heavy atom. The number of aliphatic hydroxyl groups excluding tert-OH is 1. The molecule has 3 heteroatoms. The van der Waals surface area contributed by atoms with Crippen molar-refractivity contribution in [2.45, 2.75) is 12.8 Å². The fraction of sp³-hybridized carbons (Fsp3) is 0.222. The molecule has 2 nitrogen and oxygen atoms in total. The van der Waals surface area contributed by atoms with E-state index in [0.29, 0.717) is 24.3 Å². The van der Waals surface area contributed by atoms with Crippen molar-refractivity contribution >= 4 is 0 Å². The lowest BCUT2D eigenvalue weighted by atomic mass is 10.2. The number of ether oxygens (including phenoxy) is 1. The van der Waals surface area contributed by atoms with Gasteiger partial charge in [-0.25, -0.2) is 4.39 Å². The lowest BCUT2D eigenvalue weighted by Crippen LogP contribution is -2.01. The molecule has 21 heavy (non-hydrogen) atoms. The Labute approximate surface area is 124 Å². The molecule has 0 fully saturated rings. The van der Waals surface area contributed by atoms with Crippen LogP contribution in [0.4, 0.5) is 4.39 Å². The van der Waals surface area contributed by atoms with E-state index >= 15 is 0 Å². The summed E-state index contributed by atoms with van der Waals surface area (Å²) in [7, 11) is 0. The molecule has 0 aromatic heterocycles. The van der Waals surface area contributed by atoms with Gasteiger partial charge in [0.15, 0.2) is 0 Å². The monoisotopic (exact) mass is 284 g/mol. The van der Waals surface area contributed by atoms with Crippen LogP contribution >= 0.6 is 0 Å². The predicted molar refractivity (Wildman–Crippen MR) is 80.6 cm³/mol. The van der Waals surface area contributed by atoms with E-state index in [2.05, 4.69) is 11.8 Å². The molecule has 2 rings (SSSR count). The Balaban J connectivity index is 1.90. The highest BCUT2D eigenvalue weighted by atomic mass is 19.1. The molecule has 0 unspecified atom stereocenters. The maximum atomic E-state index is 13.8. The lowest BCUT2D eigenvalue weighted by Gasteiger charge is -2.07. The van der Waals surface area contributed by atoms with E-state index in [1.807, 2.05) is 30.3 Å². The molecule has 0 radical (unpaired) electrons. The Morgan fingerprint density at radius 3 is 2.62 bits per heavy atom. The van der Waals surface area contributed by atoms with E-state index in [1.54, 1.807) is 12.1 Å². The van der Waals surface area contributed by atoms with Gasteiger partial charge in [-0.15, -0.1) is 0 Å². The van der Waals surface area contributed by atoms with Gasteiger partial charge in [0.25, 0.3) is 0 Å². The van der Waals surface area contributed by atoms with Crippen molar-refractivity contribution in [1.29, 1.82) is 0 Å². The highest BCUT2D eigenvalue weighted by Gasteiger charge is 2.02. The van der Waals surface area contributed by atoms with E-state index in [4.69, 9.17) is 9.84 Å². The van der Waals surface area contributed by atoms with Crippen molar-refractivity contribution in [3.8, 4) is 17.6 Å². The van der Waals surface area contributed by atoms with E-state index in [9.17, 15) is 4.39 Å². The number of hydrogen-bond donors (Lipinski definition) is 1. The highest BCUT2D eigenvalue weighted by molar-refractivity contribution is 5.39. The Hall–Kier alpha value is -2.31. The first-order valence-electron chi connectivity index (χ1n) is 6.85. The van der Waals surface area contributed by atoms with Crippen molar-refractivity contribution in [3.05, 3.63) is 65.5 Å². The number of hydrogen-bond acceptors (Lipinski definition) is 2. The van der Waals surface area contributed by atoms with E-state index < -0.39 is 5.82 Å². The van der Waals surface area contributed by atoms with E-state index in [1.165, 1.54) is 11.6 Å². The molecule has 0 bridgehead atoms. The third-order valence-electron chi connectivity index (χ3n) is 2.90. The van der Waals surface area contributed by atoms with Gasteiger partial charge in [-0.1, -0.05) is 42.2 Å². The third kappa shape index (κ3) is 4.94. The van der Waals surface area contributed by atoms with Gasteiger partial charge in [0.2, 0.25) is 0 Å². The maximum absolute atomic E-state index is 13.8. The van der Waals surface area contributed by atoms with Crippen LogP contribution in [0.5, 0.6) is 5.75 Å². The molecule has 0 atom stereocenters. The average molecular weight is 284 g/mol. The van der Waals surface area contributed by atoms with Gasteiger partial charge < -0.3 is 9.84 Å². The minimum absolute atomic E-state index is 0.0186. The Morgan fingerprint density at radius 1 is 1.10 bits per heavy atom. The van der Waals surface area contributed by atoms with E-state index in [-0.39, 0.29) is 6.61 Å². The Bertz CT molecular complexity index is 627. The topological polar surface area (TPSA) is 29.5 Å². The zero-order chi connectivity index (χ0) is 14.9. The van der Waals surface area contributed by atoms with Crippen molar-refractivity contribution < 1.29 is 14.2 Å². The van der Waals surface area contributed by atoms with Crippen LogP contribution in [0.25, 0.3) is 0 Å². The van der Waals surface area contributed by atoms with Crippen LogP contribution in [0.3, 0.4) is 0 Å². The largest absolute Gasteiger partial charge is 0.493 e. The Kier molecular flexibility index (Phi) is 5.81. The molecule has 0 spiro atoms. The number of aliphatic hydroxyl groups is 1. The molecule has 0 saturated heterocycles. The summed E-state index contributed by atoms with van der Waals surface area (Å²) in [6.45, 7) is 0.480. The SMILES string of the molecule is OCCC#Cc1ccc(OCCc2ccccc2)cc1F. The maximum Gasteiger partial charge on any atom is 0.142 e. The molecule has 108 valence electrons. The quantitative estimate of drug-likeness (QED) is 0.855. The van der Waals surface area contributed by atoms with Gasteiger partial charge in [-0.2, -0.15) is 0 Å². The van der Waals surface area contributed by atoms with Gasteiger partial charge in [-0.3, -0.25) is 0 Å². The second-order valence-electron chi connectivity index (χ2n) is 4.50. The van der Waals surface area contributed by atoms with Crippen LogP contribution < -0.4 is 4.74 Å². The van der Waals surface area contributed by atoms with Gasteiger partial charge in [0, 0.05) is 18.9 Å². The average Bonchev–Trinajstić information content (AvgIpc) is 2.51. The number of rotatable bonds is 5. The van der Waals surface area contributed by atoms with Crippen molar-refractivity contribution in [3.63, 3.8) is 0 Å². The van der Waals surface area contributed by atoms with Gasteiger partial charge in [0.1, 0.15) is 11.6 Å². The van der Waals surface area contributed by atoms with Crippen LogP contribution in [0.2, 0.25) is 0 Å². The molecule has 2 aromatic rings. The summed E-state index contributed by atoms with van der Waals surface area (Å²) in [5.41, 5.74) is 1.50. The molecule has 0 aliphatic rings. The second-order valence-corrected chi connectivity index (χ2v) is 4.50. The lowest BCUT2D eigenvalue weighted by molar-refractivity contribution is 0.305. The summed E-state index contributed by atoms with van der Waals surface area (Å²) >= 11 is 0. The molecule has 1 N–H and O–H groups in total. The molecule has 0 aliphatic heterocycles. The summed E-state index contributed by atoms with van der Waals surface area (Å²) in [6.07, 6.45) is 1.12. The van der Waals surface area contributed by atoms with Crippen LogP contribution in [-0.2, 0) is 6.42 Å². The predicted octanol–water partition coefficient (Wildman–Crippen LogP) is 3.18. The molecular weight excluding hydrogens is 267 g/mol. The van der Waals surface area contributed by atoms with Gasteiger partial charge >= 0.3 is 0 Å². The van der Waals surface area contributed by atoms with Crippen LogP contribution in [0.15, 0.2) is 48.5 Å². The molecule has 2 aromatic carbocycles. The molecule has 0 amide bonds. The van der Waals surface area contributed by atoms with Crippen LogP contribution in [0, 0.1) is 17.7 Å². The summed E-state index contributed by atoms with van der Waals surface area (Å²) in [6, 6.07) is 14.6. The normalized spacial score (nSPS) is 9.81. The summed E-state index contributed by atoms with van der Waals surface area (Å²) in [4.78, 5) is 0. The summed E-state index contributed by atoms with van der Waals surface area (Å²) < 4.78 is 19.3. The minimum Gasteiger partial charge on any atom is -0.493 e. The van der Waals surface area contributed by atoms with E-state index in [0.717, 1.165) is 6.42 Å². The summed E-state index contributed by atoms with van der Waals surface area (Å²) in [5, 5.41) is 8.63. The fourth-order valence-corrected chi connectivity index (χ4v) is 1.83. The first-order valence-corrected chi connectivity index (χ1v) is 6.85. The van der Waals surface area contributed by atoms with Crippen molar-refractivity contribution in [2.24, 2.45) is 0 Å². The minimum atomic E-state index is -0.405. The van der Waals surface area contributed by atoms with Crippen molar-refractivity contribution in [2.75, 3.05) is 13.2 Å². The second kappa shape index (κ2) is 8.08. The molecule has 0 saturated carbocycles. The fourth-order valence-electron chi connectivity index (χ4n) is 1.83. The molecule has 0 aliphatic carbocycles. The van der Waals surface area contributed by atoms with Crippen LogP contribution in [0.1, 0.15) is 17.5 Å². The zero-order valence-electron chi connectivity index (χ0n) is 11.7. The van der Waals surface area contributed by atoms with Crippen LogP contribution in [-0.4, -0.2) is 18.3 Å². The first kappa shape index (κ1) is 15.1. The molecular formula is C18H17FO2. The summed E-state index contributed by atoms with van der Waals surface area (Å²) in [5.74, 6) is 5.47. The number of benzene rings is 2. The third-order valence-corrected chi connectivity index (χ3v) is 2.90. The smallest absolute Gasteiger partial charge is 0.142 e. The number of halogens is 1. The first-order chi connectivity index (χ1) is 10.3.